The number of pyridine rings is 1. The summed E-state index contributed by atoms with van der Waals surface area (Å²) in [7, 11) is 1.81. The Morgan fingerprint density at radius 3 is 2.54 bits per heavy atom. The molecule has 2 atom stereocenters. The molecular formula is C19H22N4O3. The van der Waals surface area contributed by atoms with Crippen LogP contribution in [0, 0.1) is 0 Å². The van der Waals surface area contributed by atoms with Gasteiger partial charge >= 0.3 is 6.09 Å². The zero-order valence-corrected chi connectivity index (χ0v) is 15.0. The van der Waals surface area contributed by atoms with Crippen LogP contribution in [0.15, 0.2) is 36.5 Å². The van der Waals surface area contributed by atoms with Crippen LogP contribution in [0.5, 0.6) is 0 Å². The highest BCUT2D eigenvalue weighted by Gasteiger charge is 2.33. The second-order valence-corrected chi connectivity index (χ2v) is 6.43. The van der Waals surface area contributed by atoms with E-state index in [2.05, 4.69) is 15.6 Å². The molecule has 3 N–H and O–H groups in total. The minimum absolute atomic E-state index is 0.0553. The van der Waals surface area contributed by atoms with Crippen molar-refractivity contribution in [2.75, 3.05) is 17.3 Å². The minimum atomic E-state index is -1.07. The number of rotatable bonds is 3. The Balaban J connectivity index is 2.07. The summed E-state index contributed by atoms with van der Waals surface area (Å²) in [6.07, 6.45) is 1.22. The van der Waals surface area contributed by atoms with Gasteiger partial charge in [0.15, 0.2) is 0 Å². The van der Waals surface area contributed by atoms with E-state index < -0.39 is 6.09 Å². The number of amides is 2. The molecule has 0 aliphatic carbocycles. The predicted octanol–water partition coefficient (Wildman–Crippen LogP) is 3.24. The molecule has 136 valence electrons. The van der Waals surface area contributed by atoms with Gasteiger partial charge in [-0.2, -0.15) is 0 Å². The van der Waals surface area contributed by atoms with E-state index in [0.717, 1.165) is 28.2 Å². The average molecular weight is 354 g/mol. The lowest BCUT2D eigenvalue weighted by atomic mass is 9.89. The molecule has 2 amide bonds. The number of carboxylic acid groups (broad SMARTS) is 1. The molecule has 0 radical (unpaired) electrons. The fraction of sp³-hybridized carbons (Fsp3) is 0.316. The zero-order valence-electron chi connectivity index (χ0n) is 15.0. The number of nitrogens with one attached hydrogen (secondary N) is 2. The molecule has 2 heterocycles. The molecule has 0 unspecified atom stereocenters. The molecule has 0 saturated carbocycles. The Kier molecular flexibility index (Phi) is 4.79. The van der Waals surface area contributed by atoms with E-state index in [1.807, 2.05) is 37.3 Å². The molecule has 1 aromatic heterocycles. The summed E-state index contributed by atoms with van der Waals surface area (Å²) in [5.74, 6) is 0.717. The molecule has 3 rings (SSSR count). The maximum absolute atomic E-state index is 12.1. The first-order chi connectivity index (χ1) is 12.4. The van der Waals surface area contributed by atoms with Gasteiger partial charge in [0.2, 0.25) is 5.91 Å². The molecule has 0 spiro atoms. The first-order valence-electron chi connectivity index (χ1n) is 8.48. The van der Waals surface area contributed by atoms with Gasteiger partial charge in [0.25, 0.3) is 0 Å². The highest BCUT2D eigenvalue weighted by Crippen LogP contribution is 2.39. The number of carbonyl (C=O) groups is 2. The standard InChI is InChI=1S/C19H22N4O3/c1-11-8-16(22-19(25)26)15-9-13(4-6-17(15)23(11)12(2)24)14-5-7-18(20-3)21-10-14/h4-7,9-11,16,22H,8H2,1-3H3,(H,20,21)(H,25,26)/t11-,16+/m1/s1. The Labute approximate surface area is 152 Å². The molecule has 1 aromatic carbocycles. The van der Waals surface area contributed by atoms with Crippen LogP contribution in [0.25, 0.3) is 11.1 Å². The van der Waals surface area contributed by atoms with Crippen molar-refractivity contribution in [2.24, 2.45) is 0 Å². The van der Waals surface area contributed by atoms with E-state index in [1.165, 1.54) is 6.92 Å². The SMILES string of the molecule is CNc1ccc(-c2ccc3c(c2)[C@@H](NC(=O)O)C[C@@H](C)N3C(C)=O)cn1. The quantitative estimate of drug-likeness (QED) is 0.786. The van der Waals surface area contributed by atoms with Gasteiger partial charge in [0, 0.05) is 37.5 Å². The zero-order chi connectivity index (χ0) is 18.8. The van der Waals surface area contributed by atoms with Crippen molar-refractivity contribution >= 4 is 23.5 Å². The molecular weight excluding hydrogens is 332 g/mol. The first-order valence-corrected chi connectivity index (χ1v) is 8.48. The summed E-state index contributed by atoms with van der Waals surface area (Å²) in [6.45, 7) is 3.45. The van der Waals surface area contributed by atoms with Gasteiger partial charge in [-0.05, 0) is 48.7 Å². The van der Waals surface area contributed by atoms with E-state index in [9.17, 15) is 14.7 Å². The van der Waals surface area contributed by atoms with Gasteiger partial charge in [-0.1, -0.05) is 6.07 Å². The second kappa shape index (κ2) is 7.03. The molecule has 0 bridgehead atoms. The third kappa shape index (κ3) is 3.33. The fourth-order valence-corrected chi connectivity index (χ4v) is 3.52. The van der Waals surface area contributed by atoms with Crippen molar-refractivity contribution in [3.05, 3.63) is 42.1 Å². The average Bonchev–Trinajstić information content (AvgIpc) is 2.60. The topological polar surface area (TPSA) is 94.6 Å². The highest BCUT2D eigenvalue weighted by atomic mass is 16.4. The summed E-state index contributed by atoms with van der Waals surface area (Å²) >= 11 is 0. The molecule has 1 aliphatic heterocycles. The van der Waals surface area contributed by atoms with Crippen LogP contribution >= 0.6 is 0 Å². The summed E-state index contributed by atoms with van der Waals surface area (Å²) in [4.78, 5) is 29.4. The maximum atomic E-state index is 12.1. The number of hydrogen-bond acceptors (Lipinski definition) is 4. The van der Waals surface area contributed by atoms with Crippen molar-refractivity contribution in [3.63, 3.8) is 0 Å². The van der Waals surface area contributed by atoms with Crippen molar-refractivity contribution in [2.45, 2.75) is 32.4 Å². The summed E-state index contributed by atoms with van der Waals surface area (Å²) < 4.78 is 0. The van der Waals surface area contributed by atoms with Crippen LogP contribution in [-0.2, 0) is 4.79 Å². The Bertz CT molecular complexity index is 835. The molecule has 2 aromatic rings. The van der Waals surface area contributed by atoms with Crippen LogP contribution in [0.4, 0.5) is 16.3 Å². The predicted molar refractivity (Wildman–Crippen MR) is 100 cm³/mol. The van der Waals surface area contributed by atoms with Gasteiger partial charge in [-0.25, -0.2) is 9.78 Å². The van der Waals surface area contributed by atoms with Crippen LogP contribution in [0.2, 0.25) is 0 Å². The van der Waals surface area contributed by atoms with Gasteiger partial charge in [0.05, 0.1) is 6.04 Å². The third-order valence-corrected chi connectivity index (χ3v) is 4.67. The summed E-state index contributed by atoms with van der Waals surface area (Å²) in [5.41, 5.74) is 3.40. The lowest BCUT2D eigenvalue weighted by Gasteiger charge is -2.39. The molecule has 7 nitrogen and oxygen atoms in total. The van der Waals surface area contributed by atoms with E-state index >= 15 is 0 Å². The number of aromatic nitrogens is 1. The van der Waals surface area contributed by atoms with Gasteiger partial charge in [-0.3, -0.25) is 4.79 Å². The van der Waals surface area contributed by atoms with Crippen LogP contribution in [-0.4, -0.2) is 35.2 Å². The van der Waals surface area contributed by atoms with Crippen molar-refractivity contribution in [1.29, 1.82) is 0 Å². The maximum Gasteiger partial charge on any atom is 0.405 e. The van der Waals surface area contributed by atoms with Crippen LogP contribution in [0.1, 0.15) is 31.9 Å². The highest BCUT2D eigenvalue weighted by molar-refractivity contribution is 5.94. The summed E-state index contributed by atoms with van der Waals surface area (Å²) in [5, 5.41) is 14.7. The Morgan fingerprint density at radius 2 is 1.96 bits per heavy atom. The third-order valence-electron chi connectivity index (χ3n) is 4.67. The molecule has 0 fully saturated rings. The first kappa shape index (κ1) is 17.7. The number of anilines is 2. The second-order valence-electron chi connectivity index (χ2n) is 6.43. The van der Waals surface area contributed by atoms with Crippen LogP contribution in [0.3, 0.4) is 0 Å². The van der Waals surface area contributed by atoms with E-state index in [4.69, 9.17) is 0 Å². The number of carbonyl (C=O) groups excluding carboxylic acids is 1. The Hall–Kier alpha value is -3.09. The largest absolute Gasteiger partial charge is 0.465 e. The fourth-order valence-electron chi connectivity index (χ4n) is 3.52. The van der Waals surface area contributed by atoms with Crippen molar-refractivity contribution < 1.29 is 14.7 Å². The minimum Gasteiger partial charge on any atom is -0.465 e. The number of benzene rings is 1. The van der Waals surface area contributed by atoms with Crippen molar-refractivity contribution in [1.82, 2.24) is 10.3 Å². The molecule has 7 heteroatoms. The lowest BCUT2D eigenvalue weighted by Crippen LogP contribution is -2.45. The molecule has 0 saturated heterocycles. The molecule has 26 heavy (non-hydrogen) atoms. The summed E-state index contributed by atoms with van der Waals surface area (Å²) in [6, 6.07) is 9.13. The monoisotopic (exact) mass is 354 g/mol. The van der Waals surface area contributed by atoms with E-state index in [-0.39, 0.29) is 18.0 Å². The van der Waals surface area contributed by atoms with Gasteiger partial charge < -0.3 is 20.6 Å². The van der Waals surface area contributed by atoms with E-state index in [0.29, 0.717) is 6.42 Å². The van der Waals surface area contributed by atoms with Crippen LogP contribution < -0.4 is 15.5 Å². The normalized spacial score (nSPS) is 18.8. The number of nitrogens with zero attached hydrogens (tertiary/aromatic N) is 2. The Morgan fingerprint density at radius 1 is 1.23 bits per heavy atom. The number of fused-ring (bicyclic) bond motifs is 1. The lowest BCUT2D eigenvalue weighted by molar-refractivity contribution is -0.117. The van der Waals surface area contributed by atoms with E-state index in [1.54, 1.807) is 18.1 Å². The number of hydrogen-bond donors (Lipinski definition) is 3. The smallest absolute Gasteiger partial charge is 0.405 e. The van der Waals surface area contributed by atoms with Crippen molar-refractivity contribution in [3.8, 4) is 11.1 Å². The van der Waals surface area contributed by atoms with Gasteiger partial charge in [-0.15, -0.1) is 0 Å². The van der Waals surface area contributed by atoms with Gasteiger partial charge in [0.1, 0.15) is 5.82 Å². The molecule has 1 aliphatic rings.